The third-order valence-corrected chi connectivity index (χ3v) is 2.97. The van der Waals surface area contributed by atoms with Crippen LogP contribution in [0.25, 0.3) is 0 Å². The number of aliphatic carboxylic acids is 1. The molecule has 3 atom stereocenters. The minimum Gasteiger partial charge on any atom is -0.480 e. The van der Waals surface area contributed by atoms with Crippen LogP contribution in [-0.2, 0) is 9.59 Å². The maximum atomic E-state index is 11.8. The molecule has 0 aromatic rings. The Balaban J connectivity index is 2.69. The van der Waals surface area contributed by atoms with Gasteiger partial charge in [-0.1, -0.05) is 6.92 Å². The predicted molar refractivity (Wildman–Crippen MR) is 59.8 cm³/mol. The first kappa shape index (κ1) is 13.0. The van der Waals surface area contributed by atoms with Crippen molar-refractivity contribution >= 4 is 11.9 Å². The Kier molecular flexibility index (Phi) is 4.29. The quantitative estimate of drug-likeness (QED) is 0.734. The van der Waals surface area contributed by atoms with Crippen LogP contribution < -0.4 is 5.73 Å². The van der Waals surface area contributed by atoms with E-state index in [0.29, 0.717) is 18.9 Å². The van der Waals surface area contributed by atoms with Gasteiger partial charge in [0, 0.05) is 19.0 Å². The summed E-state index contributed by atoms with van der Waals surface area (Å²) in [7, 11) is 0. The van der Waals surface area contributed by atoms with Gasteiger partial charge in [-0.2, -0.15) is 0 Å². The molecule has 0 aromatic carbocycles. The molecule has 92 valence electrons. The molecule has 3 unspecified atom stereocenters. The second-order valence-electron chi connectivity index (χ2n) is 4.75. The number of nitrogens with two attached hydrogens (primary N) is 1. The Labute approximate surface area is 95.6 Å². The van der Waals surface area contributed by atoms with Crippen LogP contribution in [-0.4, -0.2) is 40.5 Å². The first-order chi connectivity index (χ1) is 7.41. The van der Waals surface area contributed by atoms with Gasteiger partial charge in [-0.15, -0.1) is 0 Å². The number of rotatable bonds is 3. The molecule has 0 aromatic heterocycles. The minimum atomic E-state index is -0.912. The number of hydrogen-bond acceptors (Lipinski definition) is 3. The van der Waals surface area contributed by atoms with Gasteiger partial charge in [-0.25, -0.2) is 4.79 Å². The second kappa shape index (κ2) is 5.30. The molecular formula is C11H20N2O3. The number of hydrogen-bond donors (Lipinski definition) is 2. The summed E-state index contributed by atoms with van der Waals surface area (Å²) in [4.78, 5) is 24.4. The monoisotopic (exact) mass is 228 g/mol. The van der Waals surface area contributed by atoms with Crippen molar-refractivity contribution < 1.29 is 14.7 Å². The van der Waals surface area contributed by atoms with E-state index < -0.39 is 12.0 Å². The zero-order valence-electron chi connectivity index (χ0n) is 9.85. The van der Waals surface area contributed by atoms with Gasteiger partial charge in [-0.05, 0) is 25.7 Å². The van der Waals surface area contributed by atoms with Crippen molar-refractivity contribution in [1.29, 1.82) is 0 Å². The Hall–Kier alpha value is -1.10. The summed E-state index contributed by atoms with van der Waals surface area (Å²) in [6.07, 6.45) is 1.63. The highest BCUT2D eigenvalue weighted by atomic mass is 16.4. The number of amides is 1. The van der Waals surface area contributed by atoms with E-state index >= 15 is 0 Å². The fourth-order valence-corrected chi connectivity index (χ4v) is 2.07. The van der Waals surface area contributed by atoms with E-state index in [0.717, 1.165) is 6.42 Å². The standard InChI is InChI=1S/C11H20N2O3/c1-7-3-4-13(9(5-7)11(15)16)10(14)6-8(2)12/h7-9H,3-6,12H2,1-2H3,(H,15,16). The molecule has 0 saturated carbocycles. The molecule has 1 saturated heterocycles. The maximum absolute atomic E-state index is 11.8. The van der Waals surface area contributed by atoms with Gasteiger partial charge < -0.3 is 15.7 Å². The summed E-state index contributed by atoms with van der Waals surface area (Å²) in [5, 5.41) is 9.08. The Morgan fingerprint density at radius 2 is 2.19 bits per heavy atom. The van der Waals surface area contributed by atoms with Crippen molar-refractivity contribution in [3.05, 3.63) is 0 Å². The SMILES string of the molecule is CC(N)CC(=O)N1CCC(C)CC1C(=O)O. The summed E-state index contributed by atoms with van der Waals surface area (Å²) in [5.74, 6) is -0.695. The lowest BCUT2D eigenvalue weighted by atomic mass is 9.92. The summed E-state index contributed by atoms with van der Waals surface area (Å²) in [6.45, 7) is 4.30. The van der Waals surface area contributed by atoms with Crippen LogP contribution >= 0.6 is 0 Å². The molecule has 1 heterocycles. The van der Waals surface area contributed by atoms with Gasteiger partial charge in [0.2, 0.25) is 5.91 Å². The van der Waals surface area contributed by atoms with E-state index in [2.05, 4.69) is 0 Å². The summed E-state index contributed by atoms with van der Waals surface area (Å²) in [6, 6.07) is -0.892. The molecule has 1 aliphatic heterocycles. The van der Waals surface area contributed by atoms with Gasteiger partial charge >= 0.3 is 5.97 Å². The fraction of sp³-hybridized carbons (Fsp3) is 0.818. The van der Waals surface area contributed by atoms with Crippen molar-refractivity contribution in [2.45, 2.75) is 45.2 Å². The maximum Gasteiger partial charge on any atom is 0.326 e. The summed E-state index contributed by atoms with van der Waals surface area (Å²) >= 11 is 0. The van der Waals surface area contributed by atoms with Crippen LogP contribution in [0, 0.1) is 5.92 Å². The molecule has 0 bridgehead atoms. The zero-order chi connectivity index (χ0) is 12.3. The van der Waals surface area contributed by atoms with Crippen molar-refractivity contribution in [2.75, 3.05) is 6.54 Å². The highest BCUT2D eigenvalue weighted by molar-refractivity contribution is 5.84. The van der Waals surface area contributed by atoms with Gasteiger partial charge in [0.15, 0.2) is 0 Å². The molecule has 5 heteroatoms. The average Bonchev–Trinajstić information content (AvgIpc) is 2.16. The topological polar surface area (TPSA) is 83.6 Å². The molecule has 16 heavy (non-hydrogen) atoms. The van der Waals surface area contributed by atoms with E-state index in [1.54, 1.807) is 6.92 Å². The molecule has 0 radical (unpaired) electrons. The van der Waals surface area contributed by atoms with Gasteiger partial charge in [-0.3, -0.25) is 4.79 Å². The normalized spacial score (nSPS) is 27.6. The lowest BCUT2D eigenvalue weighted by Crippen LogP contribution is -2.50. The van der Waals surface area contributed by atoms with E-state index in [9.17, 15) is 9.59 Å². The first-order valence-electron chi connectivity index (χ1n) is 5.69. The number of piperidine rings is 1. The average molecular weight is 228 g/mol. The number of nitrogens with zero attached hydrogens (tertiary/aromatic N) is 1. The van der Waals surface area contributed by atoms with Crippen LogP contribution in [0.5, 0.6) is 0 Å². The molecule has 1 amide bonds. The second-order valence-corrected chi connectivity index (χ2v) is 4.75. The molecule has 1 fully saturated rings. The third-order valence-electron chi connectivity index (χ3n) is 2.97. The van der Waals surface area contributed by atoms with E-state index in [4.69, 9.17) is 10.8 Å². The zero-order valence-corrected chi connectivity index (χ0v) is 9.85. The summed E-state index contributed by atoms with van der Waals surface area (Å²) in [5.41, 5.74) is 5.55. The molecule has 1 rings (SSSR count). The van der Waals surface area contributed by atoms with Gasteiger partial charge in [0.1, 0.15) is 6.04 Å². The van der Waals surface area contributed by atoms with Gasteiger partial charge in [0.25, 0.3) is 0 Å². The smallest absolute Gasteiger partial charge is 0.326 e. The van der Waals surface area contributed by atoms with Crippen LogP contribution in [0.1, 0.15) is 33.1 Å². The molecule has 0 aliphatic carbocycles. The van der Waals surface area contributed by atoms with Crippen LogP contribution in [0.15, 0.2) is 0 Å². The van der Waals surface area contributed by atoms with E-state index in [1.165, 1.54) is 4.90 Å². The number of carbonyl (C=O) groups excluding carboxylic acids is 1. The van der Waals surface area contributed by atoms with Crippen LogP contribution in [0.2, 0.25) is 0 Å². The van der Waals surface area contributed by atoms with Crippen molar-refractivity contribution in [1.82, 2.24) is 4.90 Å². The number of likely N-dealkylation sites (tertiary alicyclic amines) is 1. The molecule has 0 spiro atoms. The molecule has 5 nitrogen and oxygen atoms in total. The highest BCUT2D eigenvalue weighted by Gasteiger charge is 2.34. The largest absolute Gasteiger partial charge is 0.480 e. The Morgan fingerprint density at radius 1 is 1.56 bits per heavy atom. The van der Waals surface area contributed by atoms with Crippen molar-refractivity contribution in [3.8, 4) is 0 Å². The lowest BCUT2D eigenvalue weighted by Gasteiger charge is -2.36. The number of carbonyl (C=O) groups is 2. The highest BCUT2D eigenvalue weighted by Crippen LogP contribution is 2.23. The Morgan fingerprint density at radius 3 is 2.69 bits per heavy atom. The number of carboxylic acid groups (broad SMARTS) is 1. The summed E-state index contributed by atoms with van der Waals surface area (Å²) < 4.78 is 0. The fourth-order valence-electron chi connectivity index (χ4n) is 2.07. The predicted octanol–water partition coefficient (Wildman–Crippen LogP) is 0.435. The van der Waals surface area contributed by atoms with Crippen LogP contribution in [0.3, 0.4) is 0 Å². The third kappa shape index (κ3) is 3.20. The first-order valence-corrected chi connectivity index (χ1v) is 5.69. The molecule has 1 aliphatic rings. The Bertz CT molecular complexity index is 278. The van der Waals surface area contributed by atoms with E-state index in [1.807, 2.05) is 6.92 Å². The van der Waals surface area contributed by atoms with Gasteiger partial charge in [0.05, 0.1) is 0 Å². The lowest BCUT2D eigenvalue weighted by molar-refractivity contribution is -0.153. The number of carboxylic acids is 1. The van der Waals surface area contributed by atoms with Crippen LogP contribution in [0.4, 0.5) is 0 Å². The van der Waals surface area contributed by atoms with Crippen molar-refractivity contribution in [3.63, 3.8) is 0 Å². The van der Waals surface area contributed by atoms with Crippen molar-refractivity contribution in [2.24, 2.45) is 11.7 Å². The minimum absolute atomic E-state index is 0.144. The molecule has 3 N–H and O–H groups in total. The molecular weight excluding hydrogens is 208 g/mol. The van der Waals surface area contributed by atoms with E-state index in [-0.39, 0.29) is 18.4 Å².